The number of rotatable bonds is 5. The Morgan fingerprint density at radius 1 is 1.11 bits per heavy atom. The highest BCUT2D eigenvalue weighted by molar-refractivity contribution is 5.94. The third-order valence-corrected chi connectivity index (χ3v) is 4.00. The van der Waals surface area contributed by atoms with E-state index in [1.807, 2.05) is 12.1 Å². The number of amides is 1. The standard InChI is InChI=1S/C20H23F3N2O2/c1-13(15-7-10-17(24-11-15)27-12-20(21,22)23)25-18(26)14-5-8-16(9-6-14)19(2,3)4/h5-11,13H,12H2,1-4H3,(H,25,26)/t13-/m1/s1. The van der Waals surface area contributed by atoms with Gasteiger partial charge in [0.1, 0.15) is 0 Å². The molecule has 0 bridgehead atoms. The maximum Gasteiger partial charge on any atom is 0.422 e. The minimum Gasteiger partial charge on any atom is -0.468 e. The van der Waals surface area contributed by atoms with E-state index in [1.54, 1.807) is 25.1 Å². The molecule has 1 aromatic carbocycles. The summed E-state index contributed by atoms with van der Waals surface area (Å²) in [6.07, 6.45) is -3.02. The number of ether oxygens (including phenoxy) is 1. The highest BCUT2D eigenvalue weighted by atomic mass is 19.4. The summed E-state index contributed by atoms with van der Waals surface area (Å²) < 4.78 is 41.0. The second-order valence-electron chi connectivity index (χ2n) is 7.36. The average Bonchev–Trinajstić information content (AvgIpc) is 2.59. The van der Waals surface area contributed by atoms with Crippen LogP contribution in [-0.2, 0) is 5.41 Å². The molecule has 0 radical (unpaired) electrons. The van der Waals surface area contributed by atoms with Crippen molar-refractivity contribution in [2.75, 3.05) is 6.61 Å². The van der Waals surface area contributed by atoms with Crippen molar-refractivity contribution in [3.05, 3.63) is 59.3 Å². The lowest BCUT2D eigenvalue weighted by molar-refractivity contribution is -0.154. The van der Waals surface area contributed by atoms with Crippen LogP contribution in [0.5, 0.6) is 5.88 Å². The molecule has 4 nitrogen and oxygen atoms in total. The summed E-state index contributed by atoms with van der Waals surface area (Å²) in [7, 11) is 0. The van der Waals surface area contributed by atoms with E-state index in [2.05, 4.69) is 35.8 Å². The number of hydrogen-bond donors (Lipinski definition) is 1. The van der Waals surface area contributed by atoms with Crippen molar-refractivity contribution in [1.29, 1.82) is 0 Å². The fraction of sp³-hybridized carbons (Fsp3) is 0.400. The van der Waals surface area contributed by atoms with E-state index in [-0.39, 0.29) is 23.2 Å². The number of benzene rings is 1. The van der Waals surface area contributed by atoms with Crippen LogP contribution in [0.3, 0.4) is 0 Å². The number of nitrogens with zero attached hydrogens (tertiary/aromatic N) is 1. The van der Waals surface area contributed by atoms with Gasteiger partial charge in [-0.3, -0.25) is 4.79 Å². The van der Waals surface area contributed by atoms with Crippen LogP contribution in [0.15, 0.2) is 42.6 Å². The van der Waals surface area contributed by atoms with Crippen molar-refractivity contribution in [1.82, 2.24) is 10.3 Å². The van der Waals surface area contributed by atoms with Crippen LogP contribution in [0.4, 0.5) is 13.2 Å². The van der Waals surface area contributed by atoms with Gasteiger partial charge in [-0.05, 0) is 35.6 Å². The van der Waals surface area contributed by atoms with Crippen molar-refractivity contribution >= 4 is 5.91 Å². The van der Waals surface area contributed by atoms with E-state index in [9.17, 15) is 18.0 Å². The van der Waals surface area contributed by atoms with E-state index < -0.39 is 12.8 Å². The van der Waals surface area contributed by atoms with Crippen LogP contribution in [0.25, 0.3) is 0 Å². The molecule has 0 aliphatic heterocycles. The molecule has 1 N–H and O–H groups in total. The topological polar surface area (TPSA) is 51.2 Å². The Morgan fingerprint density at radius 2 is 1.74 bits per heavy atom. The van der Waals surface area contributed by atoms with Crippen molar-refractivity contribution in [3.8, 4) is 5.88 Å². The lowest BCUT2D eigenvalue weighted by Crippen LogP contribution is -2.27. The van der Waals surface area contributed by atoms with Crippen LogP contribution in [0.2, 0.25) is 0 Å². The molecule has 0 aliphatic carbocycles. The van der Waals surface area contributed by atoms with Crippen LogP contribution in [0.1, 0.15) is 55.2 Å². The Bertz CT molecular complexity index is 764. The Kier molecular flexibility index (Phi) is 6.13. The highest BCUT2D eigenvalue weighted by Crippen LogP contribution is 2.23. The molecule has 2 rings (SSSR count). The highest BCUT2D eigenvalue weighted by Gasteiger charge is 2.28. The molecule has 1 aromatic heterocycles. The van der Waals surface area contributed by atoms with Gasteiger partial charge in [-0.1, -0.05) is 39.0 Å². The lowest BCUT2D eigenvalue weighted by atomic mass is 9.86. The van der Waals surface area contributed by atoms with Gasteiger partial charge in [-0.15, -0.1) is 0 Å². The summed E-state index contributed by atoms with van der Waals surface area (Å²) in [6, 6.07) is 9.96. The third-order valence-electron chi connectivity index (χ3n) is 4.00. The van der Waals surface area contributed by atoms with Gasteiger partial charge in [0.2, 0.25) is 5.88 Å². The largest absolute Gasteiger partial charge is 0.468 e. The van der Waals surface area contributed by atoms with Gasteiger partial charge in [0.15, 0.2) is 6.61 Å². The lowest BCUT2D eigenvalue weighted by Gasteiger charge is -2.19. The number of carbonyl (C=O) groups excluding carboxylic acids is 1. The van der Waals surface area contributed by atoms with Gasteiger partial charge < -0.3 is 10.1 Å². The predicted octanol–water partition coefficient (Wildman–Crippen LogP) is 4.81. The fourth-order valence-electron chi connectivity index (χ4n) is 2.37. The van der Waals surface area contributed by atoms with E-state index in [4.69, 9.17) is 0 Å². The van der Waals surface area contributed by atoms with Gasteiger partial charge in [0, 0.05) is 17.8 Å². The second kappa shape index (κ2) is 7.98. The molecule has 0 unspecified atom stereocenters. The molecule has 0 fully saturated rings. The Hall–Kier alpha value is -2.57. The summed E-state index contributed by atoms with van der Waals surface area (Å²) in [4.78, 5) is 16.2. The van der Waals surface area contributed by atoms with Gasteiger partial charge in [-0.25, -0.2) is 4.98 Å². The number of alkyl halides is 3. The average molecular weight is 380 g/mol. The summed E-state index contributed by atoms with van der Waals surface area (Å²) in [5.41, 5.74) is 2.33. The first kappa shape index (κ1) is 20.7. The first-order chi connectivity index (χ1) is 12.5. The minimum absolute atomic E-state index is 0.00387. The minimum atomic E-state index is -4.41. The van der Waals surface area contributed by atoms with Crippen LogP contribution < -0.4 is 10.1 Å². The molecule has 2 aromatic rings. The first-order valence-corrected chi connectivity index (χ1v) is 8.52. The monoisotopic (exact) mass is 380 g/mol. The van der Waals surface area contributed by atoms with Crippen molar-refractivity contribution < 1.29 is 22.7 Å². The zero-order chi connectivity index (χ0) is 20.2. The molecule has 1 heterocycles. The van der Waals surface area contributed by atoms with Gasteiger partial charge in [0.25, 0.3) is 5.91 Å². The second-order valence-corrected chi connectivity index (χ2v) is 7.36. The summed E-state index contributed by atoms with van der Waals surface area (Å²) in [6.45, 7) is 6.67. The molecular formula is C20H23F3N2O2. The van der Waals surface area contributed by atoms with Crippen LogP contribution in [-0.4, -0.2) is 23.7 Å². The quantitative estimate of drug-likeness (QED) is 0.810. The molecule has 1 amide bonds. The number of carbonyl (C=O) groups is 1. The van der Waals surface area contributed by atoms with Crippen molar-refractivity contribution in [2.24, 2.45) is 0 Å². The van der Waals surface area contributed by atoms with Crippen LogP contribution >= 0.6 is 0 Å². The van der Waals surface area contributed by atoms with Gasteiger partial charge in [-0.2, -0.15) is 13.2 Å². The van der Waals surface area contributed by atoms with Crippen molar-refractivity contribution in [3.63, 3.8) is 0 Å². The number of halogens is 3. The molecule has 27 heavy (non-hydrogen) atoms. The van der Waals surface area contributed by atoms with E-state index in [0.29, 0.717) is 11.1 Å². The fourth-order valence-corrected chi connectivity index (χ4v) is 2.37. The molecule has 1 atom stereocenters. The zero-order valence-corrected chi connectivity index (χ0v) is 15.7. The molecule has 7 heteroatoms. The zero-order valence-electron chi connectivity index (χ0n) is 15.7. The van der Waals surface area contributed by atoms with E-state index >= 15 is 0 Å². The Balaban J connectivity index is 1.97. The normalized spacial score (nSPS) is 13.1. The number of nitrogens with one attached hydrogen (secondary N) is 1. The molecule has 0 saturated carbocycles. The smallest absolute Gasteiger partial charge is 0.422 e. The predicted molar refractivity (Wildman–Crippen MR) is 96.8 cm³/mol. The van der Waals surface area contributed by atoms with Crippen molar-refractivity contribution in [2.45, 2.75) is 45.3 Å². The SMILES string of the molecule is C[C@@H](NC(=O)c1ccc(C(C)(C)C)cc1)c1ccc(OCC(F)(F)F)nc1. The van der Waals surface area contributed by atoms with E-state index in [0.717, 1.165) is 5.56 Å². The summed E-state index contributed by atoms with van der Waals surface area (Å²) >= 11 is 0. The van der Waals surface area contributed by atoms with Gasteiger partial charge in [0.05, 0.1) is 6.04 Å². The third kappa shape index (κ3) is 6.27. The number of aromatic nitrogens is 1. The maximum atomic E-state index is 12.4. The number of hydrogen-bond acceptors (Lipinski definition) is 3. The summed E-state index contributed by atoms with van der Waals surface area (Å²) in [5.74, 6) is -0.354. The van der Waals surface area contributed by atoms with Crippen LogP contribution in [0, 0.1) is 0 Å². The molecule has 146 valence electrons. The number of pyridine rings is 1. The van der Waals surface area contributed by atoms with Gasteiger partial charge >= 0.3 is 6.18 Å². The Morgan fingerprint density at radius 3 is 2.22 bits per heavy atom. The first-order valence-electron chi connectivity index (χ1n) is 8.52. The van der Waals surface area contributed by atoms with E-state index in [1.165, 1.54) is 12.3 Å². The molecule has 0 spiro atoms. The summed E-state index contributed by atoms with van der Waals surface area (Å²) in [5, 5.41) is 2.85. The molecule has 0 aliphatic rings. The Labute approximate surface area is 156 Å². The molecular weight excluding hydrogens is 357 g/mol. The maximum absolute atomic E-state index is 12.4. The molecule has 0 saturated heterocycles.